The third kappa shape index (κ3) is 4.45. The Labute approximate surface area is 131 Å². The number of likely N-dealkylation sites (tertiary alicyclic amines) is 1. The first-order valence-corrected chi connectivity index (χ1v) is 8.89. The number of carbonyl (C=O) groups excluding carboxylic acids is 1. The Morgan fingerprint density at radius 2 is 2.00 bits per heavy atom. The predicted molar refractivity (Wildman–Crippen MR) is 84.1 cm³/mol. The fourth-order valence-electron chi connectivity index (χ4n) is 2.56. The van der Waals surface area contributed by atoms with Crippen molar-refractivity contribution in [2.45, 2.75) is 18.9 Å². The highest BCUT2D eigenvalue weighted by molar-refractivity contribution is 7.87. The molecule has 0 saturated carbocycles. The normalized spacial score (nSPS) is 19.1. The second-order valence-corrected chi connectivity index (χ2v) is 7.28. The van der Waals surface area contributed by atoms with Crippen LogP contribution in [0.15, 0.2) is 30.3 Å². The Morgan fingerprint density at radius 1 is 1.32 bits per heavy atom. The van der Waals surface area contributed by atoms with E-state index in [1.807, 2.05) is 4.90 Å². The zero-order valence-electron chi connectivity index (χ0n) is 12.9. The Balaban J connectivity index is 1.92. The number of carbonyl (C=O) groups is 1. The van der Waals surface area contributed by atoms with E-state index in [2.05, 4.69) is 0 Å². The molecule has 122 valence electrons. The molecule has 1 aromatic rings. The van der Waals surface area contributed by atoms with E-state index in [0.717, 1.165) is 19.4 Å². The number of rotatable bonds is 6. The average Bonchev–Trinajstić information content (AvgIpc) is 2.93. The number of para-hydroxylation sites is 1. The molecule has 1 atom stereocenters. The van der Waals surface area contributed by atoms with Crippen LogP contribution in [0.1, 0.15) is 12.8 Å². The summed E-state index contributed by atoms with van der Waals surface area (Å²) in [6.45, 7) is 1.05. The number of hydrogen-bond acceptors (Lipinski definition) is 5. The Kier molecular flexibility index (Phi) is 5.42. The fraction of sp³-hybridized carbons (Fsp3) is 0.533. The summed E-state index contributed by atoms with van der Waals surface area (Å²) < 4.78 is 29.1. The van der Waals surface area contributed by atoms with Crippen LogP contribution >= 0.6 is 0 Å². The van der Waals surface area contributed by atoms with Crippen molar-refractivity contribution in [3.05, 3.63) is 30.3 Å². The Morgan fingerprint density at radius 3 is 2.64 bits per heavy atom. The molecule has 1 aromatic carbocycles. The zero-order chi connectivity index (χ0) is 16.2. The minimum atomic E-state index is -3.66. The van der Waals surface area contributed by atoms with Crippen molar-refractivity contribution in [3.8, 4) is 5.75 Å². The van der Waals surface area contributed by atoms with Crippen molar-refractivity contribution in [2.24, 2.45) is 0 Å². The molecule has 1 unspecified atom stereocenters. The standard InChI is InChI=1S/C15H22N2O4S/c1-16(2)15(18)14-9-6-10-17(14)11-12-22(19,20)21-13-7-4-3-5-8-13/h3-5,7-8,14H,6,9-12H2,1-2H3. The predicted octanol–water partition coefficient (Wildman–Crippen LogP) is 0.948. The van der Waals surface area contributed by atoms with Crippen LogP contribution in [0, 0.1) is 0 Å². The minimum absolute atomic E-state index is 0.0267. The molecule has 0 aromatic heterocycles. The summed E-state index contributed by atoms with van der Waals surface area (Å²) >= 11 is 0. The summed E-state index contributed by atoms with van der Waals surface area (Å²) in [4.78, 5) is 15.6. The van der Waals surface area contributed by atoms with Gasteiger partial charge in [0.05, 0.1) is 11.8 Å². The molecule has 6 nitrogen and oxygen atoms in total. The van der Waals surface area contributed by atoms with Crippen molar-refractivity contribution in [1.29, 1.82) is 0 Å². The summed E-state index contributed by atoms with van der Waals surface area (Å²) in [5, 5.41) is 0. The van der Waals surface area contributed by atoms with Gasteiger partial charge in [0, 0.05) is 20.6 Å². The molecule has 1 amide bonds. The number of nitrogens with zero attached hydrogens (tertiary/aromatic N) is 2. The molecule has 0 bridgehead atoms. The van der Waals surface area contributed by atoms with E-state index in [9.17, 15) is 13.2 Å². The van der Waals surface area contributed by atoms with Crippen LogP contribution in [-0.4, -0.2) is 63.1 Å². The maximum atomic E-state index is 12.1. The van der Waals surface area contributed by atoms with Gasteiger partial charge < -0.3 is 9.08 Å². The second kappa shape index (κ2) is 7.11. The molecule has 7 heteroatoms. The first kappa shape index (κ1) is 16.8. The first-order chi connectivity index (χ1) is 10.4. The lowest BCUT2D eigenvalue weighted by atomic mass is 10.2. The molecule has 2 rings (SSSR count). The second-order valence-electron chi connectivity index (χ2n) is 5.58. The lowest BCUT2D eigenvalue weighted by Gasteiger charge is -2.25. The van der Waals surface area contributed by atoms with Gasteiger partial charge in [-0.1, -0.05) is 18.2 Å². The summed E-state index contributed by atoms with van der Waals surface area (Å²) in [6, 6.07) is 8.22. The van der Waals surface area contributed by atoms with Crippen LogP contribution in [0.25, 0.3) is 0 Å². The van der Waals surface area contributed by atoms with E-state index in [-0.39, 0.29) is 17.7 Å². The monoisotopic (exact) mass is 326 g/mol. The summed E-state index contributed by atoms with van der Waals surface area (Å²) in [5.74, 6) is 0.211. The van der Waals surface area contributed by atoms with E-state index in [1.54, 1.807) is 49.3 Å². The van der Waals surface area contributed by atoms with Crippen LogP contribution < -0.4 is 4.18 Å². The van der Waals surface area contributed by atoms with Crippen molar-refractivity contribution in [2.75, 3.05) is 32.9 Å². The van der Waals surface area contributed by atoms with Crippen LogP contribution in [-0.2, 0) is 14.9 Å². The molecular weight excluding hydrogens is 304 g/mol. The molecule has 1 aliphatic rings. The average molecular weight is 326 g/mol. The lowest BCUT2D eigenvalue weighted by Crippen LogP contribution is -2.44. The third-order valence-corrected chi connectivity index (χ3v) is 4.81. The van der Waals surface area contributed by atoms with Crippen LogP contribution in [0.2, 0.25) is 0 Å². The first-order valence-electron chi connectivity index (χ1n) is 7.31. The number of amides is 1. The van der Waals surface area contributed by atoms with Gasteiger partial charge in [-0.2, -0.15) is 8.42 Å². The van der Waals surface area contributed by atoms with E-state index < -0.39 is 10.1 Å². The fourth-order valence-corrected chi connectivity index (χ4v) is 3.51. The number of likely N-dealkylation sites (N-methyl/N-ethyl adjacent to an activating group) is 1. The highest BCUT2D eigenvalue weighted by Gasteiger charge is 2.32. The number of benzene rings is 1. The summed E-state index contributed by atoms with van der Waals surface area (Å²) in [5.41, 5.74) is 0. The molecule has 0 radical (unpaired) electrons. The molecule has 1 aliphatic heterocycles. The van der Waals surface area contributed by atoms with Gasteiger partial charge in [-0.05, 0) is 31.5 Å². The van der Waals surface area contributed by atoms with E-state index >= 15 is 0 Å². The Bertz CT molecular complexity index is 601. The van der Waals surface area contributed by atoms with Crippen molar-refractivity contribution in [1.82, 2.24) is 9.80 Å². The van der Waals surface area contributed by atoms with Gasteiger partial charge in [0.15, 0.2) is 0 Å². The van der Waals surface area contributed by atoms with Gasteiger partial charge in [0.25, 0.3) is 0 Å². The molecular formula is C15H22N2O4S. The highest BCUT2D eigenvalue weighted by Crippen LogP contribution is 2.19. The number of hydrogen-bond donors (Lipinski definition) is 0. The van der Waals surface area contributed by atoms with Crippen LogP contribution in [0.5, 0.6) is 5.75 Å². The molecule has 1 fully saturated rings. The molecule has 1 saturated heterocycles. The highest BCUT2D eigenvalue weighted by atomic mass is 32.2. The molecule has 0 N–H and O–H groups in total. The molecule has 1 heterocycles. The van der Waals surface area contributed by atoms with E-state index in [1.165, 1.54) is 0 Å². The van der Waals surface area contributed by atoms with Gasteiger partial charge in [-0.25, -0.2) is 0 Å². The van der Waals surface area contributed by atoms with Gasteiger partial charge in [0.2, 0.25) is 5.91 Å². The smallest absolute Gasteiger partial charge is 0.310 e. The largest absolute Gasteiger partial charge is 0.382 e. The summed E-state index contributed by atoms with van der Waals surface area (Å²) in [7, 11) is -0.225. The maximum absolute atomic E-state index is 12.1. The SMILES string of the molecule is CN(C)C(=O)C1CCCN1CCS(=O)(=O)Oc1ccccc1. The van der Waals surface area contributed by atoms with Crippen LogP contribution in [0.4, 0.5) is 0 Å². The van der Waals surface area contributed by atoms with Crippen molar-refractivity contribution < 1.29 is 17.4 Å². The van der Waals surface area contributed by atoms with Crippen LogP contribution in [0.3, 0.4) is 0 Å². The quantitative estimate of drug-likeness (QED) is 0.728. The minimum Gasteiger partial charge on any atom is -0.382 e. The zero-order valence-corrected chi connectivity index (χ0v) is 13.8. The summed E-state index contributed by atoms with van der Waals surface area (Å²) in [6.07, 6.45) is 1.68. The lowest BCUT2D eigenvalue weighted by molar-refractivity contribution is -0.133. The Hall–Kier alpha value is -1.60. The van der Waals surface area contributed by atoms with E-state index in [4.69, 9.17) is 4.18 Å². The van der Waals surface area contributed by atoms with Gasteiger partial charge in [-0.15, -0.1) is 0 Å². The van der Waals surface area contributed by atoms with Gasteiger partial charge >= 0.3 is 10.1 Å². The van der Waals surface area contributed by atoms with Gasteiger partial charge in [0.1, 0.15) is 5.75 Å². The topological polar surface area (TPSA) is 66.9 Å². The van der Waals surface area contributed by atoms with E-state index in [0.29, 0.717) is 12.3 Å². The maximum Gasteiger partial charge on any atom is 0.310 e. The molecule has 0 aliphatic carbocycles. The van der Waals surface area contributed by atoms with Gasteiger partial charge in [-0.3, -0.25) is 9.69 Å². The molecule has 22 heavy (non-hydrogen) atoms. The van der Waals surface area contributed by atoms with Crippen molar-refractivity contribution >= 4 is 16.0 Å². The third-order valence-electron chi connectivity index (χ3n) is 3.68. The van der Waals surface area contributed by atoms with Crippen molar-refractivity contribution in [3.63, 3.8) is 0 Å². The molecule has 0 spiro atoms.